The molecule has 0 N–H and O–H groups in total. The van der Waals surface area contributed by atoms with Gasteiger partial charge in [0.05, 0.1) is 6.61 Å². The molecule has 1 aromatic rings. The highest BCUT2D eigenvalue weighted by Crippen LogP contribution is 2.08. The Morgan fingerprint density at radius 1 is 1.60 bits per heavy atom. The summed E-state index contributed by atoms with van der Waals surface area (Å²) in [6.45, 7) is 0.619. The van der Waals surface area contributed by atoms with Gasteiger partial charge in [-0.15, -0.1) is 0 Å². The van der Waals surface area contributed by atoms with Gasteiger partial charge in [0.15, 0.2) is 0 Å². The van der Waals surface area contributed by atoms with Gasteiger partial charge < -0.3 is 4.74 Å². The van der Waals surface area contributed by atoms with Crippen LogP contribution in [0.15, 0.2) is 18.2 Å². The fourth-order valence-corrected chi connectivity index (χ4v) is 0.812. The van der Waals surface area contributed by atoms with Crippen molar-refractivity contribution >= 4 is 11.6 Å². The number of halogens is 1. The Morgan fingerprint density at radius 3 is 2.90 bits per heavy atom. The molecule has 0 aliphatic rings. The van der Waals surface area contributed by atoms with Crippen molar-refractivity contribution in [1.82, 2.24) is 0 Å². The molecule has 1 nitrogen and oxygen atoms in total. The second-order valence-corrected chi connectivity index (χ2v) is 2.39. The molecule has 2 heteroatoms. The molecule has 0 heterocycles. The minimum absolute atomic E-state index is 0.619. The minimum atomic E-state index is 0.619. The van der Waals surface area contributed by atoms with Gasteiger partial charge in [-0.25, -0.2) is 0 Å². The van der Waals surface area contributed by atoms with Gasteiger partial charge in [0.25, 0.3) is 0 Å². The van der Waals surface area contributed by atoms with Gasteiger partial charge in [0.1, 0.15) is 0 Å². The van der Waals surface area contributed by atoms with Crippen LogP contribution in [0.4, 0.5) is 0 Å². The first kappa shape index (κ1) is 7.58. The van der Waals surface area contributed by atoms with Crippen LogP contribution in [0.3, 0.4) is 0 Å². The van der Waals surface area contributed by atoms with Crippen LogP contribution in [-0.2, 0) is 11.3 Å². The Labute approximate surface area is 65.6 Å². The Balaban J connectivity index is 2.69. The number of methoxy groups -OCH3 is 1. The molecule has 0 aromatic heterocycles. The van der Waals surface area contributed by atoms with Crippen molar-refractivity contribution in [2.45, 2.75) is 6.61 Å². The highest BCUT2D eigenvalue weighted by Gasteiger charge is 1.90. The summed E-state index contributed by atoms with van der Waals surface area (Å²) in [5, 5.41) is 0.639. The van der Waals surface area contributed by atoms with Crippen molar-refractivity contribution in [2.24, 2.45) is 0 Å². The van der Waals surface area contributed by atoms with Gasteiger partial charge in [-0.2, -0.15) is 0 Å². The third-order valence-corrected chi connectivity index (χ3v) is 1.39. The van der Waals surface area contributed by atoms with E-state index in [-0.39, 0.29) is 0 Å². The van der Waals surface area contributed by atoms with Crippen LogP contribution in [-0.4, -0.2) is 7.11 Å². The topological polar surface area (TPSA) is 9.23 Å². The summed E-state index contributed by atoms with van der Waals surface area (Å²) >= 11 is 5.62. The Bertz CT molecular complexity index is 193. The molecule has 0 saturated carbocycles. The number of ether oxygens (including phenoxy) is 1. The van der Waals surface area contributed by atoms with Crippen LogP contribution in [0.2, 0.25) is 5.02 Å². The zero-order valence-corrected chi connectivity index (χ0v) is 6.48. The molecule has 0 amide bonds. The second-order valence-electron chi connectivity index (χ2n) is 1.98. The monoisotopic (exact) mass is 155 g/mol. The molecule has 1 radical (unpaired) electrons. The third-order valence-electron chi connectivity index (χ3n) is 1.15. The summed E-state index contributed by atoms with van der Waals surface area (Å²) in [7, 11) is 1.66. The highest BCUT2D eigenvalue weighted by molar-refractivity contribution is 6.30. The second kappa shape index (κ2) is 3.59. The average Bonchev–Trinajstić information content (AvgIpc) is 1.95. The molecule has 0 bridgehead atoms. The lowest BCUT2D eigenvalue weighted by atomic mass is 10.2. The first-order valence-electron chi connectivity index (χ1n) is 2.98. The molecule has 10 heavy (non-hydrogen) atoms. The van der Waals surface area contributed by atoms with E-state index in [1.165, 1.54) is 0 Å². The van der Waals surface area contributed by atoms with E-state index in [1.807, 2.05) is 12.1 Å². The Morgan fingerprint density at radius 2 is 2.40 bits per heavy atom. The van der Waals surface area contributed by atoms with Crippen molar-refractivity contribution in [2.75, 3.05) is 7.11 Å². The fourth-order valence-electron chi connectivity index (χ4n) is 0.695. The summed E-state index contributed by atoms with van der Waals surface area (Å²) < 4.78 is 4.90. The van der Waals surface area contributed by atoms with Crippen LogP contribution < -0.4 is 0 Å². The summed E-state index contributed by atoms with van der Waals surface area (Å²) in [6.07, 6.45) is 0. The van der Waals surface area contributed by atoms with Crippen LogP contribution in [0.5, 0.6) is 0 Å². The van der Waals surface area contributed by atoms with E-state index in [0.29, 0.717) is 11.6 Å². The van der Waals surface area contributed by atoms with Crippen molar-refractivity contribution in [3.63, 3.8) is 0 Å². The zero-order chi connectivity index (χ0) is 7.40. The van der Waals surface area contributed by atoms with E-state index in [1.54, 1.807) is 13.2 Å². The average molecular weight is 156 g/mol. The maximum Gasteiger partial charge on any atom is 0.0713 e. The molecule has 0 aliphatic carbocycles. The van der Waals surface area contributed by atoms with E-state index < -0.39 is 0 Å². The molecule has 0 spiro atoms. The number of benzene rings is 1. The molecule has 1 aromatic carbocycles. The van der Waals surface area contributed by atoms with Gasteiger partial charge in [-0.3, -0.25) is 0 Å². The molecule has 0 saturated heterocycles. The van der Waals surface area contributed by atoms with Crippen LogP contribution >= 0.6 is 11.6 Å². The molecular weight excluding hydrogens is 148 g/mol. The van der Waals surface area contributed by atoms with Crippen molar-refractivity contribution in [3.8, 4) is 0 Å². The maximum atomic E-state index is 5.62. The predicted molar refractivity (Wildman–Crippen MR) is 41.0 cm³/mol. The van der Waals surface area contributed by atoms with Crippen molar-refractivity contribution in [1.29, 1.82) is 0 Å². The van der Waals surface area contributed by atoms with Crippen LogP contribution in [0, 0.1) is 6.07 Å². The van der Waals surface area contributed by atoms with Crippen LogP contribution in [0.25, 0.3) is 0 Å². The standard InChI is InChI=1S/C8H8ClO/c1-10-6-7-2-4-8(9)5-3-7/h2-4H,6H2,1H3. The number of hydrogen-bond donors (Lipinski definition) is 0. The summed E-state index contributed by atoms with van der Waals surface area (Å²) in [5.41, 5.74) is 1.09. The van der Waals surface area contributed by atoms with Crippen molar-refractivity contribution < 1.29 is 4.74 Å². The van der Waals surface area contributed by atoms with Gasteiger partial charge in [-0.05, 0) is 17.7 Å². The first-order chi connectivity index (χ1) is 4.83. The van der Waals surface area contributed by atoms with Gasteiger partial charge in [0, 0.05) is 18.2 Å². The molecule has 0 unspecified atom stereocenters. The Kier molecular flexibility index (Phi) is 2.72. The molecule has 0 atom stereocenters. The molecule has 53 valence electrons. The van der Waals surface area contributed by atoms with E-state index in [4.69, 9.17) is 16.3 Å². The quantitative estimate of drug-likeness (QED) is 0.637. The molecular formula is C8H8ClO. The zero-order valence-electron chi connectivity index (χ0n) is 5.73. The van der Waals surface area contributed by atoms with E-state index in [9.17, 15) is 0 Å². The highest BCUT2D eigenvalue weighted by atomic mass is 35.5. The summed E-state index contributed by atoms with van der Waals surface area (Å²) in [6, 6.07) is 8.42. The van der Waals surface area contributed by atoms with Gasteiger partial charge in [-0.1, -0.05) is 17.7 Å². The molecule has 1 rings (SSSR count). The lowest BCUT2D eigenvalue weighted by molar-refractivity contribution is 0.185. The smallest absolute Gasteiger partial charge is 0.0713 e. The minimum Gasteiger partial charge on any atom is -0.380 e. The number of rotatable bonds is 2. The Hall–Kier alpha value is -0.530. The van der Waals surface area contributed by atoms with Crippen molar-refractivity contribution in [3.05, 3.63) is 34.9 Å². The van der Waals surface area contributed by atoms with E-state index in [2.05, 4.69) is 6.07 Å². The molecule has 0 aliphatic heterocycles. The first-order valence-corrected chi connectivity index (χ1v) is 3.36. The van der Waals surface area contributed by atoms with Crippen LogP contribution in [0.1, 0.15) is 5.56 Å². The third kappa shape index (κ3) is 2.01. The van der Waals surface area contributed by atoms with Gasteiger partial charge in [0.2, 0.25) is 0 Å². The molecule has 0 fully saturated rings. The summed E-state index contributed by atoms with van der Waals surface area (Å²) in [5.74, 6) is 0. The predicted octanol–water partition coefficient (Wildman–Crippen LogP) is 2.29. The van der Waals surface area contributed by atoms with E-state index in [0.717, 1.165) is 5.56 Å². The lowest BCUT2D eigenvalue weighted by Crippen LogP contribution is -1.85. The maximum absolute atomic E-state index is 5.62. The SMILES string of the molecule is COCc1c[c]c(Cl)cc1. The fraction of sp³-hybridized carbons (Fsp3) is 0.250. The largest absolute Gasteiger partial charge is 0.380 e. The van der Waals surface area contributed by atoms with E-state index >= 15 is 0 Å². The normalized spacial score (nSPS) is 9.80. The lowest BCUT2D eigenvalue weighted by Gasteiger charge is -1.96. The summed E-state index contributed by atoms with van der Waals surface area (Å²) in [4.78, 5) is 0. The number of hydrogen-bond acceptors (Lipinski definition) is 1. The van der Waals surface area contributed by atoms with Gasteiger partial charge >= 0.3 is 0 Å².